The molecule has 0 aliphatic carbocycles. The first-order chi connectivity index (χ1) is 15.2. The van der Waals surface area contributed by atoms with Crippen LogP contribution in [0.25, 0.3) is 0 Å². The lowest BCUT2D eigenvalue weighted by Gasteiger charge is -2.20. The summed E-state index contributed by atoms with van der Waals surface area (Å²) in [6.07, 6.45) is 0. The minimum atomic E-state index is -4.31. The number of hydrogen-bond acceptors (Lipinski definition) is 6. The molecule has 3 aromatic rings. The number of thioether (sulfide) groups is 1. The number of hydrogen-bond donors (Lipinski definition) is 1. The Morgan fingerprint density at radius 3 is 2.06 bits per heavy atom. The van der Waals surface area contributed by atoms with E-state index in [1.165, 1.54) is 26.4 Å². The maximum Gasteiger partial charge on any atom is 0.446 e. The van der Waals surface area contributed by atoms with Crippen LogP contribution in [-0.2, 0) is 4.74 Å². The fourth-order valence-electron chi connectivity index (χ4n) is 2.98. The lowest BCUT2D eigenvalue weighted by molar-refractivity contribution is -0.0328. The number of ether oxygens (including phenoxy) is 2. The zero-order chi connectivity index (χ0) is 23.3. The van der Waals surface area contributed by atoms with E-state index in [9.17, 15) is 18.0 Å². The maximum atomic E-state index is 12.5. The molecule has 32 heavy (non-hydrogen) atoms. The lowest BCUT2D eigenvalue weighted by atomic mass is 10.1. The average Bonchev–Trinajstić information content (AvgIpc) is 2.78. The monoisotopic (exact) mass is 462 g/mol. The number of carbonyl (C=O) groups excluding carboxylic acids is 1. The van der Waals surface area contributed by atoms with Gasteiger partial charge in [0.05, 0.1) is 25.5 Å². The second-order valence-electron chi connectivity index (χ2n) is 6.68. The van der Waals surface area contributed by atoms with Crippen molar-refractivity contribution in [3.8, 4) is 5.75 Å². The molecule has 0 atom stereocenters. The van der Waals surface area contributed by atoms with Gasteiger partial charge in [-0.25, -0.2) is 4.79 Å². The Balaban J connectivity index is 1.75. The van der Waals surface area contributed by atoms with Gasteiger partial charge in [0, 0.05) is 29.0 Å². The van der Waals surface area contributed by atoms with Crippen LogP contribution in [0.5, 0.6) is 5.75 Å². The minimum absolute atomic E-state index is 0.134. The number of nitrogens with one attached hydrogen (secondary N) is 1. The van der Waals surface area contributed by atoms with Gasteiger partial charge in [0.1, 0.15) is 5.75 Å². The molecule has 0 radical (unpaired) electrons. The van der Waals surface area contributed by atoms with Crippen molar-refractivity contribution in [2.45, 2.75) is 10.4 Å². The summed E-state index contributed by atoms with van der Waals surface area (Å²) in [7, 11) is 4.65. The SMILES string of the molecule is COC(=O)c1cc(OC)ccc1Nc1ccc(N(C)c2ccc(SC(F)(F)F)cc2)cc1. The molecule has 3 rings (SSSR count). The van der Waals surface area contributed by atoms with E-state index >= 15 is 0 Å². The first-order valence-electron chi connectivity index (χ1n) is 9.43. The van der Waals surface area contributed by atoms with Gasteiger partial charge < -0.3 is 19.7 Å². The van der Waals surface area contributed by atoms with E-state index in [0.717, 1.165) is 17.1 Å². The molecule has 0 heterocycles. The summed E-state index contributed by atoms with van der Waals surface area (Å²) in [6.45, 7) is 0. The summed E-state index contributed by atoms with van der Waals surface area (Å²) in [5.74, 6) is 0.0439. The molecule has 0 amide bonds. The van der Waals surface area contributed by atoms with Crippen molar-refractivity contribution in [2.75, 3.05) is 31.5 Å². The van der Waals surface area contributed by atoms with Crippen molar-refractivity contribution < 1.29 is 27.4 Å². The number of methoxy groups -OCH3 is 2. The molecule has 0 saturated carbocycles. The van der Waals surface area contributed by atoms with E-state index in [0.29, 0.717) is 17.0 Å². The first kappa shape index (κ1) is 23.3. The van der Waals surface area contributed by atoms with Crippen LogP contribution in [0.4, 0.5) is 35.9 Å². The number of benzene rings is 3. The number of anilines is 4. The average molecular weight is 462 g/mol. The van der Waals surface area contributed by atoms with Crippen LogP contribution < -0.4 is 15.0 Å². The predicted octanol–water partition coefficient (Wildman–Crippen LogP) is 6.61. The van der Waals surface area contributed by atoms with Crippen LogP contribution in [0.2, 0.25) is 0 Å². The maximum absolute atomic E-state index is 12.5. The summed E-state index contributed by atoms with van der Waals surface area (Å²) >= 11 is -0.141. The van der Waals surface area contributed by atoms with Gasteiger partial charge in [-0.3, -0.25) is 0 Å². The van der Waals surface area contributed by atoms with Crippen molar-refractivity contribution in [1.29, 1.82) is 0 Å². The summed E-state index contributed by atoms with van der Waals surface area (Å²) in [5.41, 5.74) is -1.07. The van der Waals surface area contributed by atoms with Crippen LogP contribution in [0.15, 0.2) is 71.6 Å². The summed E-state index contributed by atoms with van der Waals surface area (Å²) in [6, 6.07) is 18.6. The molecule has 1 N–H and O–H groups in total. The third kappa shape index (κ3) is 5.88. The molecule has 0 unspecified atom stereocenters. The molecule has 0 aromatic heterocycles. The van der Waals surface area contributed by atoms with Gasteiger partial charge in [-0.1, -0.05) is 0 Å². The standard InChI is InChI=1S/C23H21F3N2O3S/c1-28(17-8-11-19(12-9-17)32-23(24,25)26)16-6-4-15(5-7-16)27-21-13-10-18(30-2)14-20(21)22(29)31-3/h4-14,27H,1-3H3. The van der Waals surface area contributed by atoms with Gasteiger partial charge in [0.15, 0.2) is 0 Å². The van der Waals surface area contributed by atoms with Crippen molar-refractivity contribution in [2.24, 2.45) is 0 Å². The van der Waals surface area contributed by atoms with Crippen molar-refractivity contribution in [3.63, 3.8) is 0 Å². The van der Waals surface area contributed by atoms with Gasteiger partial charge in [-0.2, -0.15) is 13.2 Å². The third-order valence-corrected chi connectivity index (χ3v) is 5.36. The van der Waals surface area contributed by atoms with E-state index < -0.39 is 11.5 Å². The zero-order valence-electron chi connectivity index (χ0n) is 17.6. The number of esters is 1. The number of nitrogens with zero attached hydrogens (tertiary/aromatic N) is 1. The minimum Gasteiger partial charge on any atom is -0.497 e. The van der Waals surface area contributed by atoms with Gasteiger partial charge >= 0.3 is 11.5 Å². The van der Waals surface area contributed by atoms with Crippen LogP contribution >= 0.6 is 11.8 Å². The Morgan fingerprint density at radius 2 is 1.53 bits per heavy atom. The Labute approximate surface area is 188 Å². The highest BCUT2D eigenvalue weighted by molar-refractivity contribution is 8.00. The highest BCUT2D eigenvalue weighted by Gasteiger charge is 2.29. The molecule has 0 aliphatic rings. The molecule has 0 bridgehead atoms. The first-order valence-corrected chi connectivity index (χ1v) is 10.2. The van der Waals surface area contributed by atoms with E-state index in [-0.39, 0.29) is 16.7 Å². The van der Waals surface area contributed by atoms with Crippen molar-refractivity contribution >= 4 is 40.5 Å². The Hall–Kier alpha value is -3.33. The third-order valence-electron chi connectivity index (χ3n) is 4.62. The lowest BCUT2D eigenvalue weighted by Crippen LogP contribution is -2.09. The summed E-state index contributed by atoms with van der Waals surface area (Å²) < 4.78 is 47.5. The summed E-state index contributed by atoms with van der Waals surface area (Å²) in [4.78, 5) is 14.1. The molecule has 0 aliphatic heterocycles. The van der Waals surface area contributed by atoms with E-state index in [1.54, 1.807) is 30.3 Å². The van der Waals surface area contributed by atoms with Gasteiger partial charge in [0.2, 0.25) is 0 Å². The molecule has 5 nitrogen and oxygen atoms in total. The van der Waals surface area contributed by atoms with E-state index in [4.69, 9.17) is 9.47 Å². The smallest absolute Gasteiger partial charge is 0.446 e. The van der Waals surface area contributed by atoms with Crippen LogP contribution in [-0.4, -0.2) is 32.7 Å². The van der Waals surface area contributed by atoms with Crippen molar-refractivity contribution in [1.82, 2.24) is 0 Å². The highest BCUT2D eigenvalue weighted by atomic mass is 32.2. The number of carbonyl (C=O) groups is 1. The molecule has 0 fully saturated rings. The fourth-order valence-corrected chi connectivity index (χ4v) is 3.52. The number of rotatable bonds is 7. The molecule has 168 valence electrons. The molecule has 9 heteroatoms. The molecular formula is C23H21F3N2O3S. The van der Waals surface area contributed by atoms with Gasteiger partial charge in [-0.05, 0) is 78.5 Å². The Morgan fingerprint density at radius 1 is 0.938 bits per heavy atom. The zero-order valence-corrected chi connectivity index (χ0v) is 18.4. The van der Waals surface area contributed by atoms with Crippen LogP contribution in [0, 0.1) is 0 Å². The van der Waals surface area contributed by atoms with Gasteiger partial charge in [0.25, 0.3) is 0 Å². The van der Waals surface area contributed by atoms with Crippen molar-refractivity contribution in [3.05, 3.63) is 72.3 Å². The van der Waals surface area contributed by atoms with E-state index in [2.05, 4.69) is 5.32 Å². The largest absolute Gasteiger partial charge is 0.497 e. The van der Waals surface area contributed by atoms with Gasteiger partial charge in [-0.15, -0.1) is 0 Å². The second-order valence-corrected chi connectivity index (χ2v) is 7.81. The molecular weight excluding hydrogens is 441 g/mol. The number of halogens is 3. The molecule has 0 saturated heterocycles. The Kier molecular flexibility index (Phi) is 7.19. The topological polar surface area (TPSA) is 50.8 Å². The highest BCUT2D eigenvalue weighted by Crippen LogP contribution is 2.38. The molecule has 0 spiro atoms. The predicted molar refractivity (Wildman–Crippen MR) is 120 cm³/mol. The fraction of sp³-hybridized carbons (Fsp3) is 0.174. The normalized spacial score (nSPS) is 11.1. The number of alkyl halides is 3. The van der Waals surface area contributed by atoms with Crippen LogP contribution in [0.1, 0.15) is 10.4 Å². The quantitative estimate of drug-likeness (QED) is 0.315. The Bertz CT molecular complexity index is 1070. The van der Waals surface area contributed by atoms with Crippen LogP contribution in [0.3, 0.4) is 0 Å². The second kappa shape index (κ2) is 9.86. The summed E-state index contributed by atoms with van der Waals surface area (Å²) in [5, 5.41) is 3.19. The molecule has 3 aromatic carbocycles. The van der Waals surface area contributed by atoms with E-state index in [1.807, 2.05) is 36.2 Å².